The Balaban J connectivity index is 1.14. The van der Waals surface area contributed by atoms with Gasteiger partial charge in [0.1, 0.15) is 0 Å². The van der Waals surface area contributed by atoms with Crippen molar-refractivity contribution in [2.24, 2.45) is 5.92 Å². The predicted octanol–water partition coefficient (Wildman–Crippen LogP) is 3.98. The van der Waals surface area contributed by atoms with Crippen LogP contribution in [0.4, 0.5) is 4.79 Å². The van der Waals surface area contributed by atoms with Gasteiger partial charge in [0.05, 0.1) is 0 Å². The molecule has 3 fully saturated rings. The number of likely N-dealkylation sites (tertiary alicyclic amines) is 2. The number of urea groups is 1. The third kappa shape index (κ3) is 5.25. The molecule has 0 unspecified atom stereocenters. The Morgan fingerprint density at radius 1 is 0.963 bits per heavy atom. The minimum absolute atomic E-state index is 0.178. The standard InChI is InChI=1S/C23H35N3O/c1-18-2-4-19(5-3-18)6-7-20-10-14-26(15-11-20)23(27)24-21-12-16-25(17-13-21)22-8-9-22/h2-5,20-22H,6-17H2,1H3,(H,24,27). The van der Waals surface area contributed by atoms with E-state index >= 15 is 0 Å². The minimum Gasteiger partial charge on any atom is -0.335 e. The van der Waals surface area contributed by atoms with E-state index in [2.05, 4.69) is 46.3 Å². The summed E-state index contributed by atoms with van der Waals surface area (Å²) in [6.07, 6.45) is 9.73. The van der Waals surface area contributed by atoms with Crippen molar-refractivity contribution in [1.82, 2.24) is 15.1 Å². The maximum atomic E-state index is 12.6. The molecular formula is C23H35N3O. The van der Waals surface area contributed by atoms with Crippen molar-refractivity contribution in [3.8, 4) is 0 Å². The van der Waals surface area contributed by atoms with Gasteiger partial charge in [-0.15, -0.1) is 0 Å². The zero-order valence-electron chi connectivity index (χ0n) is 16.8. The minimum atomic E-state index is 0.178. The second kappa shape index (κ2) is 8.64. The molecule has 3 aliphatic rings. The summed E-state index contributed by atoms with van der Waals surface area (Å²) in [4.78, 5) is 17.3. The summed E-state index contributed by atoms with van der Waals surface area (Å²) in [6.45, 7) is 6.31. The van der Waals surface area contributed by atoms with Gasteiger partial charge in [0.15, 0.2) is 0 Å². The molecule has 0 atom stereocenters. The first kappa shape index (κ1) is 18.8. The number of nitrogens with zero attached hydrogens (tertiary/aromatic N) is 2. The van der Waals surface area contributed by atoms with Gasteiger partial charge in [-0.3, -0.25) is 0 Å². The second-order valence-corrected chi connectivity index (χ2v) is 8.95. The first-order valence-electron chi connectivity index (χ1n) is 11.0. The molecule has 1 aromatic rings. The normalized spacial score (nSPS) is 22.8. The number of aryl methyl sites for hydroxylation is 2. The zero-order valence-corrected chi connectivity index (χ0v) is 16.8. The smallest absolute Gasteiger partial charge is 0.317 e. The molecule has 2 saturated heterocycles. The number of carbonyl (C=O) groups excluding carboxylic acids is 1. The van der Waals surface area contributed by atoms with Crippen LogP contribution in [0.2, 0.25) is 0 Å². The van der Waals surface area contributed by atoms with Gasteiger partial charge >= 0.3 is 6.03 Å². The average Bonchev–Trinajstić information content (AvgIpc) is 3.54. The third-order valence-corrected chi connectivity index (χ3v) is 6.78. The Morgan fingerprint density at radius 3 is 2.26 bits per heavy atom. The molecule has 1 aromatic carbocycles. The molecule has 2 amide bonds. The Kier molecular flexibility index (Phi) is 6.01. The van der Waals surface area contributed by atoms with Gasteiger partial charge in [-0.25, -0.2) is 4.79 Å². The highest BCUT2D eigenvalue weighted by Gasteiger charge is 2.32. The highest BCUT2D eigenvalue weighted by molar-refractivity contribution is 5.74. The van der Waals surface area contributed by atoms with E-state index in [0.29, 0.717) is 6.04 Å². The van der Waals surface area contributed by atoms with Crippen molar-refractivity contribution in [1.29, 1.82) is 0 Å². The van der Waals surface area contributed by atoms with E-state index in [9.17, 15) is 4.79 Å². The van der Waals surface area contributed by atoms with E-state index in [1.165, 1.54) is 30.4 Å². The summed E-state index contributed by atoms with van der Waals surface area (Å²) in [5, 5.41) is 3.31. The van der Waals surface area contributed by atoms with E-state index in [0.717, 1.165) is 70.2 Å². The molecule has 0 radical (unpaired) electrons. The SMILES string of the molecule is Cc1ccc(CCC2CCN(C(=O)NC3CCN(C4CC4)CC3)CC2)cc1. The summed E-state index contributed by atoms with van der Waals surface area (Å²) in [6, 6.07) is 10.3. The molecule has 2 aliphatic heterocycles. The van der Waals surface area contributed by atoms with Crippen LogP contribution < -0.4 is 5.32 Å². The van der Waals surface area contributed by atoms with Crippen LogP contribution in [0.25, 0.3) is 0 Å². The summed E-state index contributed by atoms with van der Waals surface area (Å²) in [5.74, 6) is 0.761. The molecule has 27 heavy (non-hydrogen) atoms. The van der Waals surface area contributed by atoms with Crippen LogP contribution in [0.3, 0.4) is 0 Å². The summed E-state index contributed by atoms with van der Waals surface area (Å²) in [7, 11) is 0. The number of nitrogens with one attached hydrogen (secondary N) is 1. The maximum Gasteiger partial charge on any atom is 0.317 e. The molecular weight excluding hydrogens is 334 g/mol. The van der Waals surface area contributed by atoms with Gasteiger partial charge in [0.2, 0.25) is 0 Å². The van der Waals surface area contributed by atoms with Gasteiger partial charge in [0, 0.05) is 38.3 Å². The first-order chi connectivity index (χ1) is 13.2. The van der Waals surface area contributed by atoms with E-state index < -0.39 is 0 Å². The van der Waals surface area contributed by atoms with Crippen molar-refractivity contribution >= 4 is 6.03 Å². The summed E-state index contributed by atoms with van der Waals surface area (Å²) >= 11 is 0. The van der Waals surface area contributed by atoms with Gasteiger partial charge in [-0.2, -0.15) is 0 Å². The van der Waals surface area contributed by atoms with Gasteiger partial charge < -0.3 is 15.1 Å². The number of hydrogen-bond acceptors (Lipinski definition) is 2. The fraction of sp³-hybridized carbons (Fsp3) is 0.696. The molecule has 4 nitrogen and oxygen atoms in total. The van der Waals surface area contributed by atoms with Crippen LogP contribution in [-0.2, 0) is 6.42 Å². The number of rotatable bonds is 5. The van der Waals surface area contributed by atoms with Crippen LogP contribution in [0, 0.1) is 12.8 Å². The Hall–Kier alpha value is -1.55. The highest BCUT2D eigenvalue weighted by Crippen LogP contribution is 2.29. The fourth-order valence-corrected chi connectivity index (χ4v) is 4.66. The molecule has 0 bridgehead atoms. The maximum absolute atomic E-state index is 12.6. The Bertz CT molecular complexity index is 609. The van der Waals surface area contributed by atoms with Gasteiger partial charge in [-0.1, -0.05) is 29.8 Å². The van der Waals surface area contributed by atoms with Crippen LogP contribution in [-0.4, -0.2) is 54.1 Å². The van der Waals surface area contributed by atoms with Crippen LogP contribution >= 0.6 is 0 Å². The fourth-order valence-electron chi connectivity index (χ4n) is 4.66. The van der Waals surface area contributed by atoms with E-state index in [-0.39, 0.29) is 6.03 Å². The first-order valence-corrected chi connectivity index (χ1v) is 11.0. The van der Waals surface area contributed by atoms with Crippen LogP contribution in [0.5, 0.6) is 0 Å². The third-order valence-electron chi connectivity index (χ3n) is 6.78. The topological polar surface area (TPSA) is 35.6 Å². The average molecular weight is 370 g/mol. The molecule has 148 valence electrons. The number of benzene rings is 1. The molecule has 0 spiro atoms. The lowest BCUT2D eigenvalue weighted by molar-refractivity contribution is 0.151. The summed E-state index contributed by atoms with van der Waals surface area (Å²) < 4.78 is 0. The van der Waals surface area contributed by atoms with E-state index in [4.69, 9.17) is 0 Å². The van der Waals surface area contributed by atoms with Crippen molar-refractivity contribution in [2.45, 2.75) is 70.4 Å². The van der Waals surface area contributed by atoms with Gasteiger partial charge in [-0.05, 0) is 69.8 Å². The second-order valence-electron chi connectivity index (χ2n) is 8.95. The molecule has 0 aromatic heterocycles. The molecule has 4 heteroatoms. The van der Waals surface area contributed by atoms with E-state index in [1.54, 1.807) is 0 Å². The van der Waals surface area contributed by atoms with Crippen LogP contribution in [0.15, 0.2) is 24.3 Å². The lowest BCUT2D eigenvalue weighted by atomic mass is 9.90. The van der Waals surface area contributed by atoms with E-state index in [1.807, 2.05) is 0 Å². The zero-order chi connectivity index (χ0) is 18.6. The van der Waals surface area contributed by atoms with Crippen molar-refractivity contribution in [3.05, 3.63) is 35.4 Å². The molecule has 4 rings (SSSR count). The van der Waals surface area contributed by atoms with Crippen LogP contribution in [0.1, 0.15) is 56.1 Å². The molecule has 1 N–H and O–H groups in total. The Labute approximate surface area is 164 Å². The highest BCUT2D eigenvalue weighted by atomic mass is 16.2. The number of carbonyl (C=O) groups is 1. The Morgan fingerprint density at radius 2 is 1.63 bits per heavy atom. The molecule has 2 heterocycles. The van der Waals surface area contributed by atoms with Crippen molar-refractivity contribution in [2.75, 3.05) is 26.2 Å². The lowest BCUT2D eigenvalue weighted by Gasteiger charge is -2.36. The summed E-state index contributed by atoms with van der Waals surface area (Å²) in [5.41, 5.74) is 2.77. The molecule has 1 aliphatic carbocycles. The van der Waals surface area contributed by atoms with Crippen molar-refractivity contribution in [3.63, 3.8) is 0 Å². The number of hydrogen-bond donors (Lipinski definition) is 1. The quantitative estimate of drug-likeness (QED) is 0.852. The number of piperidine rings is 2. The lowest BCUT2D eigenvalue weighted by Crippen LogP contribution is -2.51. The predicted molar refractivity (Wildman–Crippen MR) is 110 cm³/mol. The largest absolute Gasteiger partial charge is 0.335 e. The number of amides is 2. The van der Waals surface area contributed by atoms with Gasteiger partial charge in [0.25, 0.3) is 0 Å². The monoisotopic (exact) mass is 369 g/mol. The molecule has 1 saturated carbocycles. The van der Waals surface area contributed by atoms with Crippen molar-refractivity contribution < 1.29 is 4.79 Å².